The van der Waals surface area contributed by atoms with Crippen LogP contribution in [0.1, 0.15) is 12.8 Å². The lowest BCUT2D eigenvalue weighted by Gasteiger charge is -2.47. The summed E-state index contributed by atoms with van der Waals surface area (Å²) in [4.78, 5) is 16.5. The van der Waals surface area contributed by atoms with Gasteiger partial charge in [-0.1, -0.05) is 35.9 Å². The lowest BCUT2D eigenvalue weighted by atomic mass is 9.92. The standard InChI is InChI=1S/C29H30ClFN6O/c1-35(2)19-14-36(15-19)29-33-27-23(28(34-29)37-13-17-7-8-18(37)12-32-17)11-24(30)25(26(27)31)22-10-20(38)9-16-5-3-4-6-21(16)22/h3-6,9-11,17-19,32,38H,7-8,12-15H2,1-2H3/t17-,18?/m0/s1. The number of phenols is 1. The smallest absolute Gasteiger partial charge is 0.228 e. The normalized spacial score (nSPS) is 21.6. The van der Waals surface area contributed by atoms with Crippen molar-refractivity contribution in [2.75, 3.05) is 50.1 Å². The highest BCUT2D eigenvalue weighted by atomic mass is 35.5. The Kier molecular flexibility index (Phi) is 5.61. The van der Waals surface area contributed by atoms with Crippen LogP contribution < -0.4 is 15.1 Å². The number of piperidine rings is 2. The Hall–Kier alpha value is -3.20. The Morgan fingerprint density at radius 1 is 1.05 bits per heavy atom. The lowest BCUT2D eigenvalue weighted by Crippen LogP contribution is -2.61. The molecule has 4 fully saturated rings. The summed E-state index contributed by atoms with van der Waals surface area (Å²) in [5, 5.41) is 16.6. The second-order valence-corrected chi connectivity index (χ2v) is 11.4. The number of nitrogens with one attached hydrogen (secondary N) is 1. The van der Waals surface area contributed by atoms with Gasteiger partial charge in [-0.3, -0.25) is 0 Å². The third-order valence-electron chi connectivity index (χ3n) is 8.46. The van der Waals surface area contributed by atoms with Gasteiger partial charge < -0.3 is 25.1 Å². The molecule has 4 aliphatic heterocycles. The van der Waals surface area contributed by atoms with E-state index in [0.717, 1.165) is 55.6 Å². The highest BCUT2D eigenvalue weighted by molar-refractivity contribution is 6.35. The van der Waals surface area contributed by atoms with Gasteiger partial charge in [0.25, 0.3) is 0 Å². The molecule has 0 amide bonds. The van der Waals surface area contributed by atoms with Gasteiger partial charge in [-0.25, -0.2) is 9.37 Å². The van der Waals surface area contributed by atoms with Gasteiger partial charge in [0, 0.05) is 55.3 Å². The van der Waals surface area contributed by atoms with E-state index in [0.29, 0.717) is 35.0 Å². The van der Waals surface area contributed by atoms with Crippen LogP contribution in [0.2, 0.25) is 5.02 Å². The number of piperazine rings is 1. The van der Waals surface area contributed by atoms with Crippen LogP contribution in [0.4, 0.5) is 16.2 Å². The topological polar surface area (TPSA) is 67.8 Å². The molecular formula is C29H30ClFN6O. The molecule has 0 spiro atoms. The number of fused-ring (bicyclic) bond motifs is 5. The molecule has 0 aliphatic carbocycles. The molecule has 1 unspecified atom stereocenters. The fourth-order valence-corrected chi connectivity index (χ4v) is 6.48. The van der Waals surface area contributed by atoms with Crippen molar-refractivity contribution in [3.05, 3.63) is 53.3 Å². The zero-order chi connectivity index (χ0) is 26.1. The predicted molar refractivity (Wildman–Crippen MR) is 151 cm³/mol. The summed E-state index contributed by atoms with van der Waals surface area (Å²) in [5.74, 6) is 0.874. The Balaban J connectivity index is 1.44. The summed E-state index contributed by atoms with van der Waals surface area (Å²) >= 11 is 6.86. The fraction of sp³-hybridized carbons (Fsp3) is 0.379. The van der Waals surface area contributed by atoms with Gasteiger partial charge in [-0.2, -0.15) is 4.98 Å². The van der Waals surface area contributed by atoms with Gasteiger partial charge in [0.1, 0.15) is 17.1 Å². The number of hydrogen-bond donors (Lipinski definition) is 2. The third-order valence-corrected chi connectivity index (χ3v) is 8.76. The first-order valence-electron chi connectivity index (χ1n) is 13.2. The number of phenolic OH excluding ortho intramolecular Hbond substituents is 1. The van der Waals surface area contributed by atoms with Gasteiger partial charge in [0.15, 0.2) is 5.82 Å². The summed E-state index contributed by atoms with van der Waals surface area (Å²) in [6.45, 7) is 3.31. The van der Waals surface area contributed by atoms with Crippen molar-refractivity contribution in [1.29, 1.82) is 0 Å². The molecule has 1 aromatic heterocycles. The van der Waals surface area contributed by atoms with Crippen molar-refractivity contribution in [1.82, 2.24) is 20.2 Å². The number of anilines is 2. The number of aromatic hydroxyl groups is 1. The number of likely N-dealkylation sites (N-methyl/N-ethyl adjacent to an activating group) is 1. The van der Waals surface area contributed by atoms with Crippen LogP contribution in [0, 0.1) is 5.82 Å². The summed E-state index contributed by atoms with van der Waals surface area (Å²) < 4.78 is 16.7. The minimum atomic E-state index is -0.488. The first-order valence-corrected chi connectivity index (χ1v) is 13.6. The van der Waals surface area contributed by atoms with Crippen molar-refractivity contribution in [2.45, 2.75) is 31.0 Å². The second kappa shape index (κ2) is 8.93. The molecule has 4 aliphatic rings. The zero-order valence-electron chi connectivity index (χ0n) is 21.5. The van der Waals surface area contributed by atoms with Crippen LogP contribution >= 0.6 is 11.6 Å². The van der Waals surface area contributed by atoms with Crippen LogP contribution in [-0.2, 0) is 0 Å². The summed E-state index contributed by atoms with van der Waals surface area (Å²) in [5.41, 5.74) is 1.06. The van der Waals surface area contributed by atoms with Crippen molar-refractivity contribution in [3.63, 3.8) is 0 Å². The van der Waals surface area contributed by atoms with E-state index in [-0.39, 0.29) is 21.9 Å². The van der Waals surface area contributed by atoms with Crippen molar-refractivity contribution < 1.29 is 9.50 Å². The molecule has 2 bridgehead atoms. The summed E-state index contributed by atoms with van der Waals surface area (Å²) in [7, 11) is 4.14. The SMILES string of the molecule is CN(C)C1CN(c2nc(N3C[C@@H]4CCC3CN4)c3cc(Cl)c(-c4cc(O)cc5ccccc45)c(F)c3n2)C1. The Morgan fingerprint density at radius 2 is 1.87 bits per heavy atom. The van der Waals surface area contributed by atoms with Crippen molar-refractivity contribution in [2.24, 2.45) is 0 Å². The van der Waals surface area contributed by atoms with E-state index in [1.807, 2.05) is 30.3 Å². The largest absolute Gasteiger partial charge is 0.508 e. The Morgan fingerprint density at radius 3 is 2.58 bits per heavy atom. The quantitative estimate of drug-likeness (QED) is 0.397. The lowest BCUT2D eigenvalue weighted by molar-refractivity contribution is 0.245. The summed E-state index contributed by atoms with van der Waals surface area (Å²) in [6.07, 6.45) is 2.21. The second-order valence-electron chi connectivity index (χ2n) is 11.0. The molecule has 4 aromatic rings. The minimum absolute atomic E-state index is 0.0606. The molecule has 3 aromatic carbocycles. The van der Waals surface area contributed by atoms with Crippen LogP contribution in [0.5, 0.6) is 5.75 Å². The molecule has 2 N–H and O–H groups in total. The minimum Gasteiger partial charge on any atom is -0.508 e. The maximum Gasteiger partial charge on any atom is 0.228 e. The van der Waals surface area contributed by atoms with E-state index >= 15 is 4.39 Å². The van der Waals surface area contributed by atoms with Gasteiger partial charge in [-0.05, 0) is 61.5 Å². The van der Waals surface area contributed by atoms with E-state index in [9.17, 15) is 5.11 Å². The molecule has 0 radical (unpaired) electrons. The fourth-order valence-electron chi connectivity index (χ4n) is 6.19. The number of halogens is 2. The number of benzene rings is 3. The highest BCUT2D eigenvalue weighted by Crippen LogP contribution is 2.43. The van der Waals surface area contributed by atoms with Crippen LogP contribution in [-0.4, -0.2) is 78.4 Å². The number of aromatic nitrogens is 2. The van der Waals surface area contributed by atoms with Crippen molar-refractivity contribution >= 4 is 45.0 Å². The highest BCUT2D eigenvalue weighted by Gasteiger charge is 2.37. The number of hydrogen-bond acceptors (Lipinski definition) is 7. The zero-order valence-corrected chi connectivity index (χ0v) is 22.2. The average molecular weight is 533 g/mol. The first kappa shape index (κ1) is 23.9. The van der Waals surface area contributed by atoms with E-state index in [4.69, 9.17) is 21.6 Å². The summed E-state index contributed by atoms with van der Waals surface area (Å²) in [6, 6.07) is 13.8. The van der Waals surface area contributed by atoms with Gasteiger partial charge in [-0.15, -0.1) is 0 Å². The third kappa shape index (κ3) is 3.77. The van der Waals surface area contributed by atoms with E-state index in [2.05, 4.69) is 34.1 Å². The molecule has 0 saturated carbocycles. The molecular weight excluding hydrogens is 503 g/mol. The van der Waals surface area contributed by atoms with Gasteiger partial charge in [0.2, 0.25) is 5.95 Å². The Labute approximate surface area is 225 Å². The molecule has 7 nitrogen and oxygen atoms in total. The molecule has 196 valence electrons. The maximum atomic E-state index is 16.7. The van der Waals surface area contributed by atoms with Gasteiger partial charge in [0.05, 0.1) is 5.02 Å². The molecule has 4 saturated heterocycles. The maximum absolute atomic E-state index is 16.7. The molecule has 9 heteroatoms. The van der Waals surface area contributed by atoms with E-state index in [1.54, 1.807) is 12.1 Å². The number of nitrogens with zero attached hydrogens (tertiary/aromatic N) is 5. The molecule has 8 rings (SSSR count). The van der Waals surface area contributed by atoms with Crippen LogP contribution in [0.25, 0.3) is 32.8 Å². The predicted octanol–water partition coefficient (Wildman–Crippen LogP) is 4.64. The Bertz CT molecular complexity index is 1560. The average Bonchev–Trinajstić information content (AvgIpc) is 2.88. The van der Waals surface area contributed by atoms with E-state index < -0.39 is 5.82 Å². The van der Waals surface area contributed by atoms with E-state index in [1.165, 1.54) is 0 Å². The molecule has 2 atom stereocenters. The number of rotatable bonds is 4. The van der Waals surface area contributed by atoms with Crippen LogP contribution in [0.15, 0.2) is 42.5 Å². The first-order chi connectivity index (χ1) is 18.4. The van der Waals surface area contributed by atoms with Gasteiger partial charge >= 0.3 is 0 Å². The molecule has 38 heavy (non-hydrogen) atoms. The molecule has 5 heterocycles. The van der Waals surface area contributed by atoms with Crippen molar-refractivity contribution in [3.8, 4) is 16.9 Å². The van der Waals surface area contributed by atoms with Crippen LogP contribution in [0.3, 0.4) is 0 Å². The monoisotopic (exact) mass is 532 g/mol.